The van der Waals surface area contributed by atoms with Gasteiger partial charge in [0.15, 0.2) is 0 Å². The number of halogens is 17. The topological polar surface area (TPSA) is 27.7 Å². The molecule has 0 saturated carbocycles. The Morgan fingerprint density at radius 3 is 0.973 bits per heavy atom. The molecule has 0 aliphatic carbocycles. The monoisotopic (exact) mass is 610 g/mol. The Hall–Kier alpha value is -1.09. The van der Waals surface area contributed by atoms with Crippen LogP contribution in [0.25, 0.3) is 0 Å². The van der Waals surface area contributed by atoms with Gasteiger partial charge in [0.2, 0.25) is 0 Å². The van der Waals surface area contributed by atoms with Crippen LogP contribution in [-0.4, -0.2) is 51.2 Å². The maximum atomic E-state index is 14.7. The Labute approximate surface area is 198 Å². The summed E-state index contributed by atoms with van der Waals surface area (Å²) < 4.78 is 229. The van der Waals surface area contributed by atoms with E-state index in [9.17, 15) is 74.6 Å². The van der Waals surface area contributed by atoms with Crippen LogP contribution in [-0.2, 0) is 13.3 Å². The highest BCUT2D eigenvalue weighted by atomic mass is 28.4. The smallest absolute Gasteiger partial charge is 0.302 e. The molecular formula is C16H19F17O3Si. The van der Waals surface area contributed by atoms with Crippen molar-refractivity contribution in [3.8, 4) is 0 Å². The SMILES string of the molecule is CCCCCCCCCC(F)(F)[Si](OC(F)(F)C(F)(F)F)(OC(F)(F)C(F)(F)F)OC(F)(F)C(F)(F)F. The fourth-order valence-electron chi connectivity index (χ4n) is 2.42. The minimum Gasteiger partial charge on any atom is -0.302 e. The largest absolute Gasteiger partial charge is 0.588 e. The maximum Gasteiger partial charge on any atom is 0.588 e. The molecule has 0 unspecified atom stereocenters. The molecule has 0 heterocycles. The predicted octanol–water partition coefficient (Wildman–Crippen LogP) is 8.76. The highest BCUT2D eigenvalue weighted by molar-refractivity contribution is 6.63. The Kier molecular flexibility index (Phi) is 11.6. The minimum atomic E-state index is -9.08. The Bertz CT molecular complexity index is 633. The zero-order valence-electron chi connectivity index (χ0n) is 18.3. The van der Waals surface area contributed by atoms with E-state index in [0.717, 1.165) is 0 Å². The van der Waals surface area contributed by atoms with E-state index in [1.165, 1.54) is 0 Å². The number of hydrogen-bond donors (Lipinski definition) is 0. The van der Waals surface area contributed by atoms with Crippen molar-refractivity contribution < 1.29 is 87.9 Å². The molecule has 0 aromatic heterocycles. The Balaban J connectivity index is 6.70. The molecule has 0 rings (SSSR count). The lowest BCUT2D eigenvalue weighted by molar-refractivity contribution is -0.428. The van der Waals surface area contributed by atoms with E-state index >= 15 is 0 Å². The van der Waals surface area contributed by atoms with E-state index < -0.39 is 70.5 Å². The minimum absolute atomic E-state index is 0.0106. The van der Waals surface area contributed by atoms with Crippen molar-refractivity contribution >= 4 is 8.80 Å². The average Bonchev–Trinajstić information content (AvgIpc) is 2.63. The molecular weight excluding hydrogens is 591 g/mol. The van der Waals surface area contributed by atoms with E-state index in [4.69, 9.17) is 0 Å². The number of hydrogen-bond acceptors (Lipinski definition) is 3. The molecule has 21 heteroatoms. The molecule has 0 bridgehead atoms. The van der Waals surface area contributed by atoms with Crippen LogP contribution in [0.1, 0.15) is 58.3 Å². The van der Waals surface area contributed by atoms with Crippen molar-refractivity contribution in [1.82, 2.24) is 0 Å². The summed E-state index contributed by atoms with van der Waals surface area (Å²) in [6.07, 6.45) is -45.8. The fourth-order valence-corrected chi connectivity index (χ4v) is 4.84. The highest BCUT2D eigenvalue weighted by Gasteiger charge is 2.82. The first-order valence-corrected chi connectivity index (χ1v) is 11.7. The summed E-state index contributed by atoms with van der Waals surface area (Å²) >= 11 is 0. The zero-order chi connectivity index (χ0) is 29.8. The molecule has 0 saturated heterocycles. The van der Waals surface area contributed by atoms with Gasteiger partial charge in [-0.3, -0.25) is 0 Å². The third kappa shape index (κ3) is 9.55. The average molecular weight is 610 g/mol. The molecule has 37 heavy (non-hydrogen) atoms. The molecule has 0 aliphatic heterocycles. The molecule has 0 spiro atoms. The fraction of sp³-hybridized carbons (Fsp3) is 1.00. The first kappa shape index (κ1) is 35.9. The second-order valence-electron chi connectivity index (χ2n) is 7.48. The van der Waals surface area contributed by atoms with Crippen LogP contribution in [0.4, 0.5) is 74.6 Å². The lowest BCUT2D eigenvalue weighted by Gasteiger charge is -2.41. The molecule has 0 aromatic carbocycles. The standard InChI is InChI=1S/C16H19F17O3Si/c1-2-3-4-5-6-7-8-9-10(17,18)37(34-14(28,29)11(19,20)21,35-15(30,31)12(22,23)24)36-16(32,33)13(25,26)27/h2-9H2,1H3. The van der Waals surface area contributed by atoms with Crippen LogP contribution in [0.3, 0.4) is 0 Å². The number of unbranched alkanes of at least 4 members (excludes halogenated alkanes) is 6. The van der Waals surface area contributed by atoms with Crippen molar-refractivity contribution in [2.75, 3.05) is 0 Å². The van der Waals surface area contributed by atoms with Crippen LogP contribution in [0.5, 0.6) is 0 Å². The molecule has 0 aliphatic rings. The number of rotatable bonds is 15. The summed E-state index contributed by atoms with van der Waals surface area (Å²) in [5, 5.41) is 0. The molecule has 0 amide bonds. The van der Waals surface area contributed by atoms with Gasteiger partial charge in [0.05, 0.1) is 0 Å². The van der Waals surface area contributed by atoms with Crippen molar-refractivity contribution in [3.63, 3.8) is 0 Å². The van der Waals surface area contributed by atoms with Gasteiger partial charge in [-0.15, -0.1) is 0 Å². The Morgan fingerprint density at radius 1 is 0.432 bits per heavy atom. The van der Waals surface area contributed by atoms with Gasteiger partial charge in [0.1, 0.15) is 0 Å². The predicted molar refractivity (Wildman–Crippen MR) is 89.6 cm³/mol. The van der Waals surface area contributed by atoms with E-state index in [0.29, 0.717) is 19.3 Å². The third-order valence-electron chi connectivity index (χ3n) is 4.32. The summed E-state index contributed by atoms with van der Waals surface area (Å²) in [7, 11) is -9.08. The lowest BCUT2D eigenvalue weighted by Crippen LogP contribution is -2.71. The second-order valence-corrected chi connectivity index (χ2v) is 9.94. The zero-order valence-corrected chi connectivity index (χ0v) is 19.3. The van der Waals surface area contributed by atoms with Crippen LogP contribution in [0.15, 0.2) is 0 Å². The Morgan fingerprint density at radius 2 is 0.703 bits per heavy atom. The molecule has 0 radical (unpaired) electrons. The third-order valence-corrected chi connectivity index (χ3v) is 7.04. The van der Waals surface area contributed by atoms with Gasteiger partial charge >= 0.3 is 51.2 Å². The first-order chi connectivity index (χ1) is 16.2. The van der Waals surface area contributed by atoms with Gasteiger partial charge in [0, 0.05) is 6.42 Å². The number of alkyl halides is 17. The van der Waals surface area contributed by atoms with Crippen molar-refractivity contribution in [2.24, 2.45) is 0 Å². The summed E-state index contributed by atoms with van der Waals surface area (Å²) in [5.41, 5.74) is -6.19. The first-order valence-electron chi connectivity index (χ1n) is 10.00. The summed E-state index contributed by atoms with van der Waals surface area (Å²) in [6, 6.07) is 0. The molecule has 0 fully saturated rings. The molecule has 0 aromatic rings. The maximum absolute atomic E-state index is 14.7. The van der Waals surface area contributed by atoms with Crippen LogP contribution >= 0.6 is 0 Å². The second kappa shape index (κ2) is 12.0. The quantitative estimate of drug-likeness (QED) is 0.105. The van der Waals surface area contributed by atoms with Gasteiger partial charge in [0.25, 0.3) is 0 Å². The van der Waals surface area contributed by atoms with E-state index in [-0.39, 0.29) is 12.8 Å². The van der Waals surface area contributed by atoms with Crippen LogP contribution in [0, 0.1) is 0 Å². The van der Waals surface area contributed by atoms with E-state index in [1.807, 2.05) is 0 Å². The van der Waals surface area contributed by atoms with Gasteiger partial charge in [-0.2, -0.15) is 65.9 Å². The summed E-state index contributed by atoms with van der Waals surface area (Å²) in [6.45, 7) is 1.76. The summed E-state index contributed by atoms with van der Waals surface area (Å²) in [5.74, 6) is 0. The van der Waals surface area contributed by atoms with E-state index in [1.54, 1.807) is 6.92 Å². The van der Waals surface area contributed by atoms with Gasteiger partial charge in [-0.05, 0) is 6.42 Å². The van der Waals surface area contributed by atoms with Crippen molar-refractivity contribution in [3.05, 3.63) is 0 Å². The van der Waals surface area contributed by atoms with Gasteiger partial charge in [-0.25, -0.2) is 8.78 Å². The molecule has 224 valence electrons. The highest BCUT2D eigenvalue weighted by Crippen LogP contribution is 2.51. The summed E-state index contributed by atoms with van der Waals surface area (Å²) in [4.78, 5) is 0. The van der Waals surface area contributed by atoms with Crippen LogP contribution < -0.4 is 0 Å². The van der Waals surface area contributed by atoms with Gasteiger partial charge in [-0.1, -0.05) is 45.4 Å². The normalized spacial score (nSPS) is 15.4. The lowest BCUT2D eigenvalue weighted by atomic mass is 10.1. The molecule has 3 nitrogen and oxygen atoms in total. The van der Waals surface area contributed by atoms with E-state index in [2.05, 4.69) is 13.3 Å². The molecule has 0 atom stereocenters. The van der Waals surface area contributed by atoms with Crippen molar-refractivity contribution in [1.29, 1.82) is 0 Å². The van der Waals surface area contributed by atoms with Crippen LogP contribution in [0.2, 0.25) is 0 Å². The molecule has 0 N–H and O–H groups in total. The van der Waals surface area contributed by atoms with Crippen molar-refractivity contribution in [2.45, 2.75) is 101 Å². The van der Waals surface area contributed by atoms with Gasteiger partial charge < -0.3 is 13.3 Å².